The molecule has 63 heavy (non-hydrogen) atoms. The Kier molecular flexibility index (Phi) is 22.5. The molecule has 354 valence electrons. The van der Waals surface area contributed by atoms with Crippen LogP contribution in [0.5, 0.6) is 0 Å². The van der Waals surface area contributed by atoms with Gasteiger partial charge in [0.2, 0.25) is 5.91 Å². The number of hydrogen-bond donors (Lipinski definition) is 5. The van der Waals surface area contributed by atoms with E-state index in [-0.39, 0.29) is 55.6 Å². The molecule has 2 aromatic rings. The summed E-state index contributed by atoms with van der Waals surface area (Å²) in [5.41, 5.74) is 0.370. The third-order valence-corrected chi connectivity index (χ3v) is 13.1. The number of esters is 1. The summed E-state index contributed by atoms with van der Waals surface area (Å²) in [6, 6.07) is 6.02. The molecular weight excluding hydrogens is 825 g/mol. The highest BCUT2D eigenvalue weighted by Gasteiger charge is 2.37. The Bertz CT molecular complexity index is 1740. The van der Waals surface area contributed by atoms with Crippen molar-refractivity contribution < 1.29 is 43.7 Å². The van der Waals surface area contributed by atoms with Gasteiger partial charge < -0.3 is 40.1 Å². The smallest absolute Gasteiger partial charge is 0.322 e. The second-order valence-electron chi connectivity index (χ2n) is 18.2. The van der Waals surface area contributed by atoms with Gasteiger partial charge in [-0.2, -0.15) is 0 Å². The van der Waals surface area contributed by atoms with Crippen LogP contribution in [0.4, 0.5) is 5.69 Å². The van der Waals surface area contributed by atoms with E-state index in [1.165, 1.54) is 31.1 Å². The molecule has 1 aliphatic rings. The van der Waals surface area contributed by atoms with Crippen molar-refractivity contribution in [1.82, 2.24) is 25.4 Å². The molecule has 0 aliphatic carbocycles. The van der Waals surface area contributed by atoms with E-state index in [2.05, 4.69) is 62.5 Å². The number of nitrogens with one attached hydrogen (secondary N) is 3. The average Bonchev–Trinajstić information content (AvgIpc) is 3.73. The summed E-state index contributed by atoms with van der Waals surface area (Å²) in [7, 11) is 2.14. The quantitative estimate of drug-likeness (QED) is 0.0308. The van der Waals surface area contributed by atoms with Gasteiger partial charge in [0.15, 0.2) is 6.10 Å². The van der Waals surface area contributed by atoms with Crippen LogP contribution in [0, 0.1) is 17.3 Å². The van der Waals surface area contributed by atoms with Gasteiger partial charge >= 0.3 is 17.9 Å². The van der Waals surface area contributed by atoms with E-state index in [0.29, 0.717) is 36.3 Å². The van der Waals surface area contributed by atoms with Crippen molar-refractivity contribution in [3.05, 3.63) is 45.9 Å². The van der Waals surface area contributed by atoms with Crippen molar-refractivity contribution in [3.63, 3.8) is 0 Å². The van der Waals surface area contributed by atoms with Gasteiger partial charge in [0.1, 0.15) is 17.2 Å². The number of benzene rings is 1. The van der Waals surface area contributed by atoms with E-state index >= 15 is 0 Å². The number of carboxylic acids is 2. The second-order valence-corrected chi connectivity index (χ2v) is 19.1. The number of hydrogen-bond acceptors (Lipinski definition) is 12. The Balaban J connectivity index is 1.87. The molecule has 5 N–H and O–H groups in total. The molecule has 1 aromatic heterocycles. The van der Waals surface area contributed by atoms with Gasteiger partial charge in [0.25, 0.3) is 5.91 Å². The fourth-order valence-electron chi connectivity index (χ4n) is 8.07. The normalized spacial score (nSPS) is 17.0. The van der Waals surface area contributed by atoms with E-state index in [0.717, 1.165) is 50.6 Å². The zero-order valence-corrected chi connectivity index (χ0v) is 40.1. The molecule has 0 radical (unpaired) electrons. The molecule has 3 rings (SSSR count). The fraction of sp³-hybridized carbons (Fsp3) is 0.702. The topological polar surface area (TPSA) is 200 Å². The molecular formula is C47H76N6O9S. The van der Waals surface area contributed by atoms with Crippen molar-refractivity contribution in [2.45, 2.75) is 156 Å². The Hall–Kier alpha value is -4.12. The van der Waals surface area contributed by atoms with Gasteiger partial charge in [0.05, 0.1) is 24.8 Å². The predicted molar refractivity (Wildman–Crippen MR) is 247 cm³/mol. The van der Waals surface area contributed by atoms with Crippen LogP contribution in [-0.4, -0.2) is 119 Å². The summed E-state index contributed by atoms with van der Waals surface area (Å²) in [6.07, 6.45) is 8.05. The summed E-state index contributed by atoms with van der Waals surface area (Å²) in [6.45, 7) is 17.2. The van der Waals surface area contributed by atoms with Crippen LogP contribution in [-0.2, 0) is 35.1 Å². The summed E-state index contributed by atoms with van der Waals surface area (Å²) in [5, 5.41) is 30.3. The Labute approximate surface area is 379 Å². The maximum absolute atomic E-state index is 14.8. The van der Waals surface area contributed by atoms with Crippen LogP contribution >= 0.6 is 11.3 Å². The fourth-order valence-corrected chi connectivity index (χ4v) is 8.91. The van der Waals surface area contributed by atoms with Crippen LogP contribution in [0.3, 0.4) is 0 Å². The zero-order chi connectivity index (χ0) is 46.7. The Morgan fingerprint density at radius 1 is 1.03 bits per heavy atom. The SMILES string of the molecule is CCCCCCN(C(=O)[C@@H](NCOC[C@H]1CCCCN1C)[C@@H](C)CC)[C@H](C[C@@H](OC(C)=O)c1nc(C(=O)N[C@@H](Cc2ccc(NCC(=O)O)cc2)CC(C)(C)C(=O)O)cs1)C(C)C. The highest BCUT2D eigenvalue weighted by Crippen LogP contribution is 2.32. The molecule has 0 unspecified atom stereocenters. The lowest BCUT2D eigenvalue weighted by Crippen LogP contribution is -2.55. The molecule has 0 saturated carbocycles. The van der Waals surface area contributed by atoms with Crippen molar-refractivity contribution in [3.8, 4) is 0 Å². The van der Waals surface area contributed by atoms with Gasteiger partial charge in [-0.05, 0) is 89.1 Å². The molecule has 1 fully saturated rings. The molecule has 16 heteroatoms. The van der Waals surface area contributed by atoms with Crippen molar-refractivity contribution in [2.24, 2.45) is 17.3 Å². The number of unbranched alkanes of at least 4 members (excludes halogenated alkanes) is 3. The number of thiazole rings is 1. The van der Waals surface area contributed by atoms with Gasteiger partial charge in [-0.3, -0.25) is 29.3 Å². The van der Waals surface area contributed by atoms with Crippen LogP contribution < -0.4 is 16.0 Å². The first-order chi connectivity index (χ1) is 29.9. The van der Waals surface area contributed by atoms with E-state index in [4.69, 9.17) is 19.6 Å². The number of nitrogens with zero attached hydrogens (tertiary/aromatic N) is 3. The van der Waals surface area contributed by atoms with Crippen LogP contribution in [0.25, 0.3) is 0 Å². The highest BCUT2D eigenvalue weighted by atomic mass is 32.1. The minimum atomic E-state index is -1.16. The van der Waals surface area contributed by atoms with Gasteiger partial charge in [-0.15, -0.1) is 11.3 Å². The number of rotatable bonds is 29. The zero-order valence-electron chi connectivity index (χ0n) is 39.2. The second kappa shape index (κ2) is 26.6. The summed E-state index contributed by atoms with van der Waals surface area (Å²) >= 11 is 1.20. The highest BCUT2D eigenvalue weighted by molar-refractivity contribution is 7.09. The number of ether oxygens (including phenoxy) is 2. The maximum Gasteiger partial charge on any atom is 0.322 e. The maximum atomic E-state index is 14.8. The first-order valence-corrected chi connectivity index (χ1v) is 23.8. The molecule has 0 spiro atoms. The number of carboxylic acid groups (broad SMARTS) is 2. The van der Waals surface area contributed by atoms with Crippen molar-refractivity contribution in [2.75, 3.05) is 45.3 Å². The monoisotopic (exact) mass is 901 g/mol. The lowest BCUT2D eigenvalue weighted by Gasteiger charge is -2.39. The first-order valence-electron chi connectivity index (χ1n) is 22.9. The molecule has 1 saturated heterocycles. The summed E-state index contributed by atoms with van der Waals surface area (Å²) in [4.78, 5) is 73.6. The van der Waals surface area contributed by atoms with E-state index in [1.54, 1.807) is 43.5 Å². The number of aliphatic carboxylic acids is 2. The first kappa shape index (κ1) is 53.2. The number of likely N-dealkylation sites (tertiary alicyclic amines) is 1. The number of carbonyl (C=O) groups excluding carboxylic acids is 3. The molecule has 2 amide bonds. The molecule has 1 aliphatic heterocycles. The van der Waals surface area contributed by atoms with E-state index in [1.807, 2.05) is 4.90 Å². The third-order valence-electron chi connectivity index (χ3n) is 12.2. The molecule has 6 atom stereocenters. The molecule has 15 nitrogen and oxygen atoms in total. The minimum absolute atomic E-state index is 0.0137. The van der Waals surface area contributed by atoms with E-state index in [9.17, 15) is 29.1 Å². The van der Waals surface area contributed by atoms with Crippen molar-refractivity contribution >= 4 is 46.7 Å². The Morgan fingerprint density at radius 3 is 2.35 bits per heavy atom. The Morgan fingerprint density at radius 2 is 1.75 bits per heavy atom. The molecule has 2 heterocycles. The standard InChI is InChI=1S/C47H76N6O9S/c1-10-12-13-15-23-53(45(58)42(32(5)11-2)49-30-61-28-37-17-14-16-22-52(37)9)39(31(3)4)25-40(62-33(6)54)44-51-38(29-63-44)43(57)50-36(26-47(7,8)46(59)60)24-34-18-20-35(21-19-34)48-27-41(55)56/h18-21,29,31-32,36-37,39-40,42,48-49H,10-17,22-28,30H2,1-9H3,(H,50,57)(H,55,56)(H,59,60)/t32-,36-,37+,39+,40+,42-/m0/s1. The predicted octanol–water partition coefficient (Wildman–Crippen LogP) is 7.37. The number of piperidine rings is 1. The number of likely N-dealkylation sites (N-methyl/N-ethyl adjacent to an activating group) is 1. The molecule has 1 aromatic carbocycles. The number of anilines is 1. The minimum Gasteiger partial charge on any atom is -0.481 e. The third kappa shape index (κ3) is 17.8. The van der Waals surface area contributed by atoms with Crippen LogP contribution in [0.15, 0.2) is 29.6 Å². The number of amides is 2. The van der Waals surface area contributed by atoms with Gasteiger partial charge in [-0.25, -0.2) is 4.98 Å². The van der Waals surface area contributed by atoms with Gasteiger partial charge in [0, 0.05) is 49.1 Å². The van der Waals surface area contributed by atoms with Crippen molar-refractivity contribution in [1.29, 1.82) is 0 Å². The van der Waals surface area contributed by atoms with Crippen LogP contribution in [0.2, 0.25) is 0 Å². The number of carbonyl (C=O) groups is 5. The lowest BCUT2D eigenvalue weighted by atomic mass is 9.84. The van der Waals surface area contributed by atoms with Gasteiger partial charge in [-0.1, -0.05) is 78.9 Å². The lowest BCUT2D eigenvalue weighted by molar-refractivity contribution is -0.149. The number of aromatic nitrogens is 1. The average molecular weight is 901 g/mol. The molecule has 0 bridgehead atoms. The largest absolute Gasteiger partial charge is 0.481 e. The van der Waals surface area contributed by atoms with E-state index < -0.39 is 47.4 Å². The van der Waals surface area contributed by atoms with Crippen LogP contribution in [0.1, 0.15) is 147 Å². The summed E-state index contributed by atoms with van der Waals surface area (Å²) < 4.78 is 12.1. The summed E-state index contributed by atoms with van der Waals surface area (Å²) in [5.74, 6) is -3.01.